The third-order valence-corrected chi connectivity index (χ3v) is 4.38. The second kappa shape index (κ2) is 5.49. The molecule has 1 fully saturated rings. The van der Waals surface area contributed by atoms with E-state index >= 15 is 0 Å². The summed E-state index contributed by atoms with van der Waals surface area (Å²) < 4.78 is 0. The molecule has 0 atom stereocenters. The summed E-state index contributed by atoms with van der Waals surface area (Å²) in [6.07, 6.45) is 2.04. The summed E-state index contributed by atoms with van der Waals surface area (Å²) in [7, 11) is 0. The summed E-state index contributed by atoms with van der Waals surface area (Å²) in [6, 6.07) is 0.0567. The molecule has 1 aromatic rings. The summed E-state index contributed by atoms with van der Waals surface area (Å²) in [5.74, 6) is 0.525. The van der Waals surface area contributed by atoms with Crippen molar-refractivity contribution in [3.8, 4) is 0 Å². The molecule has 1 aromatic heterocycles. The standard InChI is InChI=1S/C14H23N3OS/c1-10-9-19-12(15-10)11-5-7-17(8-6-11)13(18)16-14(2,3)4/h9,11H,5-8H2,1-4H3,(H,16,18). The number of aromatic nitrogens is 1. The Morgan fingerprint density at radius 2 is 2.05 bits per heavy atom. The molecule has 0 unspecified atom stereocenters. The number of hydrogen-bond donors (Lipinski definition) is 1. The molecule has 0 aromatic carbocycles. The van der Waals surface area contributed by atoms with Gasteiger partial charge in [-0.3, -0.25) is 0 Å². The van der Waals surface area contributed by atoms with Crippen LogP contribution in [0.4, 0.5) is 4.79 Å². The fourth-order valence-corrected chi connectivity index (χ4v) is 3.26. The van der Waals surface area contributed by atoms with Gasteiger partial charge >= 0.3 is 6.03 Å². The number of carbonyl (C=O) groups is 1. The Balaban J connectivity index is 1.87. The Morgan fingerprint density at radius 3 is 2.53 bits per heavy atom. The van der Waals surface area contributed by atoms with E-state index < -0.39 is 0 Å². The molecule has 2 amide bonds. The molecule has 0 spiro atoms. The Kier molecular flexibility index (Phi) is 4.13. The van der Waals surface area contributed by atoms with Gasteiger partial charge in [-0.15, -0.1) is 11.3 Å². The molecule has 1 N–H and O–H groups in total. The lowest BCUT2D eigenvalue weighted by Crippen LogP contribution is -2.50. The first-order chi connectivity index (χ1) is 8.85. The van der Waals surface area contributed by atoms with Crippen LogP contribution in [-0.2, 0) is 0 Å². The SMILES string of the molecule is Cc1csc(C2CCN(C(=O)NC(C)(C)C)CC2)n1. The van der Waals surface area contributed by atoms with Crippen LogP contribution in [0, 0.1) is 6.92 Å². The number of piperidine rings is 1. The summed E-state index contributed by atoms with van der Waals surface area (Å²) in [5.41, 5.74) is 0.938. The van der Waals surface area contributed by atoms with Crippen molar-refractivity contribution in [1.82, 2.24) is 15.2 Å². The van der Waals surface area contributed by atoms with E-state index in [1.54, 1.807) is 11.3 Å². The van der Waals surface area contributed by atoms with E-state index in [4.69, 9.17) is 0 Å². The van der Waals surface area contributed by atoms with Crippen molar-refractivity contribution < 1.29 is 4.79 Å². The average molecular weight is 281 g/mol. The van der Waals surface area contributed by atoms with Crippen LogP contribution < -0.4 is 5.32 Å². The van der Waals surface area contributed by atoms with Gasteiger partial charge in [0.2, 0.25) is 0 Å². The third-order valence-electron chi connectivity index (χ3n) is 3.25. The zero-order chi connectivity index (χ0) is 14.0. The number of carbonyl (C=O) groups excluding carboxylic acids is 1. The van der Waals surface area contributed by atoms with E-state index in [1.807, 2.05) is 32.6 Å². The lowest BCUT2D eigenvalue weighted by atomic mass is 9.97. The molecule has 1 aliphatic rings. The average Bonchev–Trinajstić information content (AvgIpc) is 2.74. The van der Waals surface area contributed by atoms with Gasteiger partial charge < -0.3 is 10.2 Å². The van der Waals surface area contributed by atoms with Gasteiger partial charge in [-0.1, -0.05) is 0 Å². The van der Waals surface area contributed by atoms with Crippen LogP contribution in [-0.4, -0.2) is 34.5 Å². The summed E-state index contributed by atoms with van der Waals surface area (Å²) in [5, 5.41) is 6.36. The number of amides is 2. The molecule has 106 valence electrons. The highest BCUT2D eigenvalue weighted by atomic mass is 32.1. The smallest absolute Gasteiger partial charge is 0.317 e. The van der Waals surface area contributed by atoms with E-state index in [-0.39, 0.29) is 11.6 Å². The minimum atomic E-state index is -0.166. The molecule has 1 saturated heterocycles. The molecule has 0 saturated carbocycles. The predicted molar refractivity (Wildman–Crippen MR) is 78.7 cm³/mol. The normalized spacial score (nSPS) is 17.6. The highest BCUT2D eigenvalue weighted by Crippen LogP contribution is 2.30. The quantitative estimate of drug-likeness (QED) is 0.859. The summed E-state index contributed by atoms with van der Waals surface area (Å²) >= 11 is 1.75. The highest BCUT2D eigenvalue weighted by Gasteiger charge is 2.27. The van der Waals surface area contributed by atoms with Crippen LogP contribution in [0.3, 0.4) is 0 Å². The Morgan fingerprint density at radius 1 is 1.42 bits per heavy atom. The molecule has 1 aliphatic heterocycles. The molecule has 0 bridgehead atoms. The number of hydrogen-bond acceptors (Lipinski definition) is 3. The number of likely N-dealkylation sites (tertiary alicyclic amines) is 1. The lowest BCUT2D eigenvalue weighted by molar-refractivity contribution is 0.173. The number of aryl methyl sites for hydroxylation is 1. The number of rotatable bonds is 1. The van der Waals surface area contributed by atoms with E-state index in [0.29, 0.717) is 5.92 Å². The number of nitrogens with one attached hydrogen (secondary N) is 1. The van der Waals surface area contributed by atoms with Crippen LogP contribution >= 0.6 is 11.3 Å². The second-order valence-corrected chi connectivity index (χ2v) is 7.16. The van der Waals surface area contributed by atoms with Gasteiger partial charge in [-0.25, -0.2) is 9.78 Å². The van der Waals surface area contributed by atoms with Crippen LogP contribution in [0.15, 0.2) is 5.38 Å². The molecular formula is C14H23N3OS. The molecular weight excluding hydrogens is 258 g/mol. The van der Waals surface area contributed by atoms with Crippen molar-refractivity contribution in [2.75, 3.05) is 13.1 Å². The third kappa shape index (κ3) is 3.93. The zero-order valence-electron chi connectivity index (χ0n) is 12.2. The van der Waals surface area contributed by atoms with Crippen LogP contribution in [0.1, 0.15) is 50.2 Å². The van der Waals surface area contributed by atoms with Gasteiger partial charge in [0.05, 0.1) is 5.01 Å². The Hall–Kier alpha value is -1.10. The first kappa shape index (κ1) is 14.3. The fraction of sp³-hybridized carbons (Fsp3) is 0.714. The van der Waals surface area contributed by atoms with E-state index in [1.165, 1.54) is 5.01 Å². The maximum atomic E-state index is 12.1. The molecule has 19 heavy (non-hydrogen) atoms. The van der Waals surface area contributed by atoms with Gasteiger partial charge in [0.25, 0.3) is 0 Å². The number of nitrogens with zero attached hydrogens (tertiary/aromatic N) is 2. The fourth-order valence-electron chi connectivity index (χ4n) is 2.29. The van der Waals surface area contributed by atoms with Crippen LogP contribution in [0.25, 0.3) is 0 Å². The van der Waals surface area contributed by atoms with E-state index in [0.717, 1.165) is 31.6 Å². The number of thiazole rings is 1. The molecule has 0 radical (unpaired) electrons. The van der Waals surface area contributed by atoms with Gasteiger partial charge in [0.15, 0.2) is 0 Å². The first-order valence-electron chi connectivity index (χ1n) is 6.84. The lowest BCUT2D eigenvalue weighted by Gasteiger charge is -2.33. The Labute approximate surface area is 119 Å². The highest BCUT2D eigenvalue weighted by molar-refractivity contribution is 7.09. The molecule has 2 heterocycles. The van der Waals surface area contributed by atoms with Crippen molar-refractivity contribution in [3.63, 3.8) is 0 Å². The van der Waals surface area contributed by atoms with Crippen molar-refractivity contribution in [1.29, 1.82) is 0 Å². The van der Waals surface area contributed by atoms with Gasteiger partial charge in [0, 0.05) is 35.6 Å². The van der Waals surface area contributed by atoms with Gasteiger partial charge in [-0.05, 0) is 40.5 Å². The second-order valence-electron chi connectivity index (χ2n) is 6.27. The van der Waals surface area contributed by atoms with Crippen molar-refractivity contribution in [2.45, 2.75) is 52.0 Å². The van der Waals surface area contributed by atoms with Crippen LogP contribution in [0.2, 0.25) is 0 Å². The van der Waals surface area contributed by atoms with Crippen molar-refractivity contribution in [3.05, 3.63) is 16.1 Å². The van der Waals surface area contributed by atoms with Gasteiger partial charge in [0.1, 0.15) is 0 Å². The maximum absolute atomic E-state index is 12.1. The minimum absolute atomic E-state index is 0.0567. The molecule has 4 nitrogen and oxygen atoms in total. The molecule has 0 aliphatic carbocycles. The summed E-state index contributed by atoms with van der Waals surface area (Å²) in [4.78, 5) is 18.5. The largest absolute Gasteiger partial charge is 0.333 e. The van der Waals surface area contributed by atoms with E-state index in [2.05, 4.69) is 15.7 Å². The maximum Gasteiger partial charge on any atom is 0.317 e. The summed E-state index contributed by atoms with van der Waals surface area (Å²) in [6.45, 7) is 9.71. The number of urea groups is 1. The topological polar surface area (TPSA) is 45.2 Å². The van der Waals surface area contributed by atoms with Crippen molar-refractivity contribution >= 4 is 17.4 Å². The predicted octanol–water partition coefficient (Wildman–Crippen LogP) is 3.14. The minimum Gasteiger partial charge on any atom is -0.333 e. The van der Waals surface area contributed by atoms with Crippen LogP contribution in [0.5, 0.6) is 0 Å². The monoisotopic (exact) mass is 281 g/mol. The molecule has 5 heteroatoms. The Bertz CT molecular complexity index is 442. The van der Waals surface area contributed by atoms with Gasteiger partial charge in [-0.2, -0.15) is 0 Å². The molecule has 2 rings (SSSR count). The first-order valence-corrected chi connectivity index (χ1v) is 7.72. The zero-order valence-corrected chi connectivity index (χ0v) is 13.0. The van der Waals surface area contributed by atoms with Crippen molar-refractivity contribution in [2.24, 2.45) is 0 Å². The van der Waals surface area contributed by atoms with E-state index in [9.17, 15) is 4.79 Å².